The Morgan fingerprint density at radius 2 is 1.86 bits per heavy atom. The predicted octanol–water partition coefficient (Wildman–Crippen LogP) is 2.72. The summed E-state index contributed by atoms with van der Waals surface area (Å²) in [5.41, 5.74) is 0.969. The summed E-state index contributed by atoms with van der Waals surface area (Å²) in [6, 6.07) is 9.32. The highest BCUT2D eigenvalue weighted by Gasteiger charge is 2.29. The van der Waals surface area contributed by atoms with E-state index in [1.165, 1.54) is 11.3 Å². The third-order valence-corrected chi connectivity index (χ3v) is 7.57. The number of hydrogen-bond acceptors (Lipinski definition) is 5. The lowest BCUT2D eigenvalue weighted by Gasteiger charge is -2.34. The van der Waals surface area contributed by atoms with E-state index in [0.29, 0.717) is 30.4 Å². The van der Waals surface area contributed by atoms with Crippen molar-refractivity contribution in [3.63, 3.8) is 0 Å². The molecule has 0 saturated carbocycles. The molecule has 1 saturated heterocycles. The van der Waals surface area contributed by atoms with Gasteiger partial charge in [-0.25, -0.2) is 13.4 Å². The van der Waals surface area contributed by atoms with Crippen LogP contribution < -0.4 is 4.90 Å². The number of aromatic nitrogens is 1. The molecule has 1 aliphatic heterocycles. The first-order chi connectivity index (χ1) is 10.5. The topological polar surface area (TPSA) is 53.5 Å². The number of piperazine rings is 1. The fraction of sp³-hybridized carbons (Fsp3) is 0.357. The molecule has 22 heavy (non-hydrogen) atoms. The molecule has 0 aromatic carbocycles. The first-order valence-corrected chi connectivity index (χ1v) is 9.96. The number of nitrogens with zero attached hydrogens (tertiary/aromatic N) is 3. The zero-order valence-electron chi connectivity index (χ0n) is 12.1. The molecule has 3 rings (SSSR count). The van der Waals surface area contributed by atoms with Crippen molar-refractivity contribution in [1.29, 1.82) is 0 Å². The van der Waals surface area contributed by atoms with Crippen LogP contribution in [0.3, 0.4) is 0 Å². The summed E-state index contributed by atoms with van der Waals surface area (Å²) < 4.78 is 27.9. The summed E-state index contributed by atoms with van der Waals surface area (Å²) in [6.07, 6.45) is 0. The number of pyridine rings is 1. The number of halogens is 1. The zero-order valence-corrected chi connectivity index (χ0v) is 15.3. The second-order valence-corrected chi connectivity index (χ2v) is 9.71. The lowest BCUT2D eigenvalue weighted by molar-refractivity contribution is 0.384. The van der Waals surface area contributed by atoms with Crippen molar-refractivity contribution in [1.82, 2.24) is 9.29 Å². The highest BCUT2D eigenvalue weighted by atomic mass is 79.9. The van der Waals surface area contributed by atoms with E-state index in [-0.39, 0.29) is 0 Å². The third-order valence-electron chi connectivity index (χ3n) is 3.58. The number of rotatable bonds is 3. The summed E-state index contributed by atoms with van der Waals surface area (Å²) in [4.78, 5) is 6.63. The standard InChI is InChI=1S/C14H16BrN3O2S2/c1-11-3-2-4-13(16-11)17-7-9-18(10-8-17)22(19,20)14-6-5-12(15)21-14/h2-6H,7-10H2,1H3. The molecule has 5 nitrogen and oxygen atoms in total. The Bertz CT molecular complexity index is 768. The Morgan fingerprint density at radius 1 is 1.14 bits per heavy atom. The summed E-state index contributed by atoms with van der Waals surface area (Å²) in [7, 11) is -3.38. The van der Waals surface area contributed by atoms with Crippen molar-refractivity contribution in [2.75, 3.05) is 31.1 Å². The highest BCUT2D eigenvalue weighted by Crippen LogP contribution is 2.29. The van der Waals surface area contributed by atoms with E-state index in [1.807, 2.05) is 25.1 Å². The largest absolute Gasteiger partial charge is 0.354 e. The van der Waals surface area contributed by atoms with Crippen molar-refractivity contribution >= 4 is 43.1 Å². The van der Waals surface area contributed by atoms with Gasteiger partial charge in [-0.15, -0.1) is 11.3 Å². The second kappa shape index (κ2) is 6.27. The molecule has 0 amide bonds. The van der Waals surface area contributed by atoms with E-state index in [0.717, 1.165) is 15.3 Å². The van der Waals surface area contributed by atoms with Gasteiger partial charge in [-0.3, -0.25) is 0 Å². The summed E-state index contributed by atoms with van der Waals surface area (Å²) in [5.74, 6) is 0.913. The lowest BCUT2D eigenvalue weighted by Crippen LogP contribution is -2.48. The van der Waals surface area contributed by atoms with Crippen molar-refractivity contribution < 1.29 is 8.42 Å². The fourth-order valence-electron chi connectivity index (χ4n) is 2.43. The van der Waals surface area contributed by atoms with E-state index in [1.54, 1.807) is 16.4 Å². The Hall–Kier alpha value is -0.960. The number of hydrogen-bond donors (Lipinski definition) is 0. The van der Waals surface area contributed by atoms with E-state index in [9.17, 15) is 8.42 Å². The van der Waals surface area contributed by atoms with E-state index in [2.05, 4.69) is 25.8 Å². The van der Waals surface area contributed by atoms with Gasteiger partial charge in [0.2, 0.25) is 0 Å². The third kappa shape index (κ3) is 3.19. The maximum Gasteiger partial charge on any atom is 0.252 e. The number of sulfonamides is 1. The van der Waals surface area contributed by atoms with E-state index < -0.39 is 10.0 Å². The summed E-state index contributed by atoms with van der Waals surface area (Å²) in [5, 5.41) is 0. The number of thiophene rings is 1. The molecule has 3 heterocycles. The Kier molecular flexibility index (Phi) is 4.54. The van der Waals surface area contributed by atoms with Gasteiger partial charge in [0.25, 0.3) is 10.0 Å². The van der Waals surface area contributed by atoms with Gasteiger partial charge in [-0.05, 0) is 47.1 Å². The lowest BCUT2D eigenvalue weighted by atomic mass is 10.3. The van der Waals surface area contributed by atoms with Crippen LogP contribution in [0.1, 0.15) is 5.69 Å². The Balaban J connectivity index is 1.72. The van der Waals surface area contributed by atoms with Gasteiger partial charge in [0.05, 0.1) is 3.79 Å². The van der Waals surface area contributed by atoms with Crippen LogP contribution in [0.4, 0.5) is 5.82 Å². The van der Waals surface area contributed by atoms with Gasteiger partial charge in [0, 0.05) is 31.9 Å². The minimum atomic E-state index is -3.38. The SMILES string of the molecule is Cc1cccc(N2CCN(S(=O)(=O)c3ccc(Br)s3)CC2)n1. The average molecular weight is 402 g/mol. The van der Waals surface area contributed by atoms with Crippen molar-refractivity contribution in [3.8, 4) is 0 Å². The number of anilines is 1. The van der Waals surface area contributed by atoms with Crippen LogP contribution in [0.2, 0.25) is 0 Å². The molecule has 1 aliphatic rings. The van der Waals surface area contributed by atoms with Crippen LogP contribution in [-0.4, -0.2) is 43.9 Å². The molecular weight excluding hydrogens is 386 g/mol. The van der Waals surface area contributed by atoms with Gasteiger partial charge in [-0.2, -0.15) is 4.31 Å². The van der Waals surface area contributed by atoms with Gasteiger partial charge in [-0.1, -0.05) is 6.07 Å². The van der Waals surface area contributed by atoms with Crippen molar-refractivity contribution in [2.24, 2.45) is 0 Å². The molecule has 0 atom stereocenters. The molecule has 8 heteroatoms. The molecule has 1 fully saturated rings. The molecule has 2 aromatic rings. The predicted molar refractivity (Wildman–Crippen MR) is 92.0 cm³/mol. The van der Waals surface area contributed by atoms with Gasteiger partial charge >= 0.3 is 0 Å². The quantitative estimate of drug-likeness (QED) is 0.793. The molecule has 118 valence electrons. The molecule has 0 radical (unpaired) electrons. The average Bonchev–Trinajstić information content (AvgIpc) is 2.95. The van der Waals surface area contributed by atoms with Crippen LogP contribution in [0.25, 0.3) is 0 Å². The van der Waals surface area contributed by atoms with Crippen LogP contribution in [-0.2, 0) is 10.0 Å². The molecule has 0 N–H and O–H groups in total. The molecule has 0 unspecified atom stereocenters. The zero-order chi connectivity index (χ0) is 15.7. The number of aryl methyl sites for hydroxylation is 1. The van der Waals surface area contributed by atoms with Crippen LogP contribution >= 0.6 is 27.3 Å². The van der Waals surface area contributed by atoms with Crippen LogP contribution in [0.5, 0.6) is 0 Å². The summed E-state index contributed by atoms with van der Waals surface area (Å²) in [6.45, 7) is 4.23. The van der Waals surface area contributed by atoms with E-state index >= 15 is 0 Å². The fourth-order valence-corrected chi connectivity index (χ4v) is 6.01. The van der Waals surface area contributed by atoms with Crippen molar-refractivity contribution in [2.45, 2.75) is 11.1 Å². The summed E-state index contributed by atoms with van der Waals surface area (Å²) >= 11 is 4.56. The second-order valence-electron chi connectivity index (χ2n) is 5.09. The Morgan fingerprint density at radius 3 is 2.45 bits per heavy atom. The maximum absolute atomic E-state index is 12.6. The maximum atomic E-state index is 12.6. The van der Waals surface area contributed by atoms with E-state index in [4.69, 9.17) is 0 Å². The molecule has 0 spiro atoms. The normalized spacial score (nSPS) is 16.9. The molecule has 0 aliphatic carbocycles. The van der Waals surface area contributed by atoms with Gasteiger partial charge in [0.1, 0.15) is 10.0 Å². The van der Waals surface area contributed by atoms with Crippen LogP contribution in [0.15, 0.2) is 38.3 Å². The van der Waals surface area contributed by atoms with Crippen LogP contribution in [0, 0.1) is 6.92 Å². The Labute approximate surface area is 142 Å². The van der Waals surface area contributed by atoms with Gasteiger partial charge in [0.15, 0.2) is 0 Å². The van der Waals surface area contributed by atoms with Gasteiger partial charge < -0.3 is 4.90 Å². The minimum absolute atomic E-state index is 0.390. The first kappa shape index (κ1) is 15.9. The minimum Gasteiger partial charge on any atom is -0.354 e. The monoisotopic (exact) mass is 401 g/mol. The highest BCUT2D eigenvalue weighted by molar-refractivity contribution is 9.11. The molecular formula is C14H16BrN3O2S2. The smallest absolute Gasteiger partial charge is 0.252 e. The first-order valence-electron chi connectivity index (χ1n) is 6.91. The van der Waals surface area contributed by atoms with Crippen molar-refractivity contribution in [3.05, 3.63) is 39.8 Å². The molecule has 2 aromatic heterocycles. The molecule has 0 bridgehead atoms.